The van der Waals surface area contributed by atoms with Crippen LogP contribution < -0.4 is 10.2 Å². The molecule has 0 atom stereocenters. The molecule has 0 aliphatic heterocycles. The molecule has 0 amide bonds. The van der Waals surface area contributed by atoms with E-state index in [1.807, 2.05) is 32.0 Å². The van der Waals surface area contributed by atoms with E-state index in [1.165, 1.54) is 0 Å². The van der Waals surface area contributed by atoms with Gasteiger partial charge in [-0.2, -0.15) is 0 Å². The number of hydrogen-bond acceptors (Lipinski definition) is 5. The molecule has 1 N–H and O–H groups in total. The summed E-state index contributed by atoms with van der Waals surface area (Å²) < 4.78 is 0. The fourth-order valence-electron chi connectivity index (χ4n) is 1.32. The van der Waals surface area contributed by atoms with Crippen LogP contribution in [0.4, 0.5) is 11.6 Å². The highest BCUT2D eigenvalue weighted by atomic mass is 16.1. The molecule has 1 rings (SSSR count). The van der Waals surface area contributed by atoms with E-state index in [-0.39, 0.29) is 5.78 Å². The SMILES string of the molecule is CNc1cc(N(C)CCC(C)=O)nc(C)n1. The van der Waals surface area contributed by atoms with E-state index in [0.29, 0.717) is 13.0 Å². The third-order valence-electron chi connectivity index (χ3n) is 2.27. The molecular formula is C11H18N4O. The Morgan fingerprint density at radius 2 is 2.19 bits per heavy atom. The Labute approximate surface area is 95.9 Å². The predicted molar refractivity (Wildman–Crippen MR) is 64.9 cm³/mol. The maximum Gasteiger partial charge on any atom is 0.134 e. The lowest BCUT2D eigenvalue weighted by molar-refractivity contribution is -0.116. The highest BCUT2D eigenvalue weighted by Crippen LogP contribution is 2.14. The van der Waals surface area contributed by atoms with Crippen LogP contribution in [0.15, 0.2) is 6.07 Å². The number of carbonyl (C=O) groups is 1. The molecule has 0 fully saturated rings. The largest absolute Gasteiger partial charge is 0.373 e. The van der Waals surface area contributed by atoms with Crippen molar-refractivity contribution in [3.05, 3.63) is 11.9 Å². The van der Waals surface area contributed by atoms with Crippen molar-refractivity contribution < 1.29 is 4.79 Å². The van der Waals surface area contributed by atoms with Gasteiger partial charge in [0.25, 0.3) is 0 Å². The van der Waals surface area contributed by atoms with Gasteiger partial charge in [0.2, 0.25) is 0 Å². The van der Waals surface area contributed by atoms with E-state index in [9.17, 15) is 4.79 Å². The van der Waals surface area contributed by atoms with Crippen molar-refractivity contribution in [2.24, 2.45) is 0 Å². The summed E-state index contributed by atoms with van der Waals surface area (Å²) in [5.74, 6) is 2.53. The third kappa shape index (κ3) is 3.49. The molecule has 0 spiro atoms. The maximum atomic E-state index is 10.9. The average Bonchev–Trinajstić information content (AvgIpc) is 2.24. The van der Waals surface area contributed by atoms with Crippen LogP contribution in [-0.2, 0) is 4.79 Å². The lowest BCUT2D eigenvalue weighted by Gasteiger charge is -2.18. The number of hydrogen-bond donors (Lipinski definition) is 1. The number of carbonyl (C=O) groups excluding carboxylic acids is 1. The van der Waals surface area contributed by atoms with Crippen molar-refractivity contribution in [3.8, 4) is 0 Å². The Morgan fingerprint density at radius 3 is 2.75 bits per heavy atom. The number of aryl methyl sites for hydroxylation is 1. The molecule has 0 radical (unpaired) electrons. The molecule has 5 nitrogen and oxygen atoms in total. The summed E-state index contributed by atoms with van der Waals surface area (Å²) in [7, 11) is 3.74. The Kier molecular flexibility index (Phi) is 4.22. The van der Waals surface area contributed by atoms with Gasteiger partial charge < -0.3 is 10.2 Å². The first-order valence-corrected chi connectivity index (χ1v) is 5.27. The second kappa shape index (κ2) is 5.44. The van der Waals surface area contributed by atoms with Gasteiger partial charge in [-0.3, -0.25) is 4.79 Å². The van der Waals surface area contributed by atoms with Crippen LogP contribution in [0.1, 0.15) is 19.2 Å². The van der Waals surface area contributed by atoms with Crippen LogP contribution in [0.25, 0.3) is 0 Å². The Balaban J connectivity index is 2.77. The molecule has 0 bridgehead atoms. The average molecular weight is 222 g/mol. The summed E-state index contributed by atoms with van der Waals surface area (Å²) in [5.41, 5.74) is 0. The second-order valence-corrected chi connectivity index (χ2v) is 3.78. The van der Waals surface area contributed by atoms with E-state index in [1.54, 1.807) is 6.92 Å². The zero-order chi connectivity index (χ0) is 12.1. The quantitative estimate of drug-likeness (QED) is 0.812. The normalized spacial score (nSPS) is 10.0. The van der Waals surface area contributed by atoms with Gasteiger partial charge in [0.05, 0.1) is 0 Å². The van der Waals surface area contributed by atoms with Gasteiger partial charge in [-0.25, -0.2) is 9.97 Å². The van der Waals surface area contributed by atoms with E-state index in [0.717, 1.165) is 17.5 Å². The van der Waals surface area contributed by atoms with Gasteiger partial charge >= 0.3 is 0 Å². The summed E-state index contributed by atoms with van der Waals surface area (Å²) in [4.78, 5) is 21.4. The topological polar surface area (TPSA) is 58.1 Å². The Bertz CT molecular complexity index is 378. The van der Waals surface area contributed by atoms with Crippen molar-refractivity contribution in [2.45, 2.75) is 20.3 Å². The predicted octanol–water partition coefficient (Wildman–Crippen LogP) is 1.24. The number of Topliss-reactive ketones (excluding diaryl/α,β-unsaturated/α-hetero) is 1. The van der Waals surface area contributed by atoms with Crippen molar-refractivity contribution in [3.63, 3.8) is 0 Å². The minimum atomic E-state index is 0.187. The monoisotopic (exact) mass is 222 g/mol. The van der Waals surface area contributed by atoms with Crippen LogP contribution in [0.3, 0.4) is 0 Å². The fraction of sp³-hybridized carbons (Fsp3) is 0.545. The number of nitrogens with one attached hydrogen (secondary N) is 1. The Morgan fingerprint density at radius 1 is 1.50 bits per heavy atom. The van der Waals surface area contributed by atoms with E-state index < -0.39 is 0 Å². The lowest BCUT2D eigenvalue weighted by atomic mass is 10.3. The van der Waals surface area contributed by atoms with Gasteiger partial charge in [-0.15, -0.1) is 0 Å². The van der Waals surface area contributed by atoms with Gasteiger partial charge in [0.1, 0.15) is 23.2 Å². The molecular weight excluding hydrogens is 204 g/mol. The van der Waals surface area contributed by atoms with Crippen LogP contribution in [0, 0.1) is 6.92 Å². The van der Waals surface area contributed by atoms with Gasteiger partial charge in [0.15, 0.2) is 0 Å². The van der Waals surface area contributed by atoms with Gasteiger partial charge in [-0.05, 0) is 13.8 Å². The van der Waals surface area contributed by atoms with E-state index in [4.69, 9.17) is 0 Å². The maximum absolute atomic E-state index is 10.9. The molecule has 16 heavy (non-hydrogen) atoms. The zero-order valence-corrected chi connectivity index (χ0v) is 10.2. The molecule has 0 aliphatic rings. The summed E-state index contributed by atoms with van der Waals surface area (Å²) in [6, 6.07) is 1.87. The standard InChI is InChI=1S/C11H18N4O/c1-8(16)5-6-15(4)11-7-10(12-3)13-9(2)14-11/h7H,5-6H2,1-4H3,(H,12,13,14). The Hall–Kier alpha value is -1.65. The van der Waals surface area contributed by atoms with Crippen LogP contribution in [0.2, 0.25) is 0 Å². The van der Waals surface area contributed by atoms with Crippen molar-refractivity contribution in [2.75, 3.05) is 30.9 Å². The fourth-order valence-corrected chi connectivity index (χ4v) is 1.32. The molecule has 0 aliphatic carbocycles. The number of ketones is 1. The first-order chi connectivity index (χ1) is 7.52. The third-order valence-corrected chi connectivity index (χ3v) is 2.27. The first kappa shape index (κ1) is 12.4. The molecule has 1 aromatic heterocycles. The molecule has 0 aromatic carbocycles. The van der Waals surface area contributed by atoms with Gasteiger partial charge in [0, 0.05) is 33.1 Å². The summed E-state index contributed by atoms with van der Waals surface area (Å²) >= 11 is 0. The number of nitrogens with zero attached hydrogens (tertiary/aromatic N) is 3. The molecule has 0 unspecified atom stereocenters. The zero-order valence-electron chi connectivity index (χ0n) is 10.2. The summed E-state index contributed by atoms with van der Waals surface area (Å²) in [5, 5.41) is 2.98. The van der Waals surface area contributed by atoms with Crippen LogP contribution in [0.5, 0.6) is 0 Å². The highest BCUT2D eigenvalue weighted by molar-refractivity contribution is 5.76. The van der Waals surface area contributed by atoms with E-state index >= 15 is 0 Å². The first-order valence-electron chi connectivity index (χ1n) is 5.27. The number of aromatic nitrogens is 2. The molecule has 0 saturated carbocycles. The minimum absolute atomic E-state index is 0.187. The summed E-state index contributed by atoms with van der Waals surface area (Å²) in [6.07, 6.45) is 0.536. The molecule has 1 aromatic rings. The van der Waals surface area contributed by atoms with Crippen molar-refractivity contribution in [1.29, 1.82) is 0 Å². The van der Waals surface area contributed by atoms with Crippen LogP contribution >= 0.6 is 0 Å². The summed E-state index contributed by atoms with van der Waals surface area (Å²) in [6.45, 7) is 4.12. The van der Waals surface area contributed by atoms with Crippen molar-refractivity contribution in [1.82, 2.24) is 9.97 Å². The highest BCUT2D eigenvalue weighted by Gasteiger charge is 2.06. The molecule has 5 heteroatoms. The lowest BCUT2D eigenvalue weighted by Crippen LogP contribution is -2.22. The van der Waals surface area contributed by atoms with Gasteiger partial charge in [-0.1, -0.05) is 0 Å². The van der Waals surface area contributed by atoms with Crippen LogP contribution in [-0.4, -0.2) is 36.4 Å². The number of anilines is 2. The molecule has 88 valence electrons. The van der Waals surface area contributed by atoms with E-state index in [2.05, 4.69) is 15.3 Å². The minimum Gasteiger partial charge on any atom is -0.373 e. The van der Waals surface area contributed by atoms with Crippen molar-refractivity contribution >= 4 is 17.4 Å². The molecule has 1 heterocycles. The smallest absolute Gasteiger partial charge is 0.134 e. The second-order valence-electron chi connectivity index (χ2n) is 3.78. The number of rotatable bonds is 5. The molecule has 0 saturated heterocycles.